The molecule has 0 aliphatic heterocycles. The zero-order valence-corrected chi connectivity index (χ0v) is 14.9. The van der Waals surface area contributed by atoms with Gasteiger partial charge in [0, 0.05) is 36.3 Å². The van der Waals surface area contributed by atoms with Crippen LogP contribution in [0.3, 0.4) is 0 Å². The first-order chi connectivity index (χ1) is 11.6. The predicted molar refractivity (Wildman–Crippen MR) is 96.4 cm³/mol. The van der Waals surface area contributed by atoms with Crippen molar-refractivity contribution < 1.29 is 4.79 Å². The maximum atomic E-state index is 11.9. The highest BCUT2D eigenvalue weighted by Crippen LogP contribution is 2.17. The molecule has 0 bridgehead atoms. The Morgan fingerprint density at radius 1 is 1.33 bits per heavy atom. The maximum Gasteiger partial charge on any atom is 0.220 e. The third-order valence-corrected chi connectivity index (χ3v) is 5.08. The number of nitrogens with zero attached hydrogens (tertiary/aromatic N) is 3. The molecule has 3 heterocycles. The average Bonchev–Trinajstić information content (AvgIpc) is 3.13. The fraction of sp³-hybridized carbons (Fsp3) is 0.389. The average molecular weight is 342 g/mol. The Labute approximate surface area is 145 Å². The van der Waals surface area contributed by atoms with Gasteiger partial charge in [-0.3, -0.25) is 4.79 Å². The van der Waals surface area contributed by atoms with E-state index in [1.807, 2.05) is 29.9 Å². The molecular weight excluding hydrogens is 320 g/mol. The summed E-state index contributed by atoms with van der Waals surface area (Å²) in [6, 6.07) is 4.06. The Morgan fingerprint density at radius 3 is 3.00 bits per heavy atom. The number of aryl methyl sites for hydroxylation is 4. The molecule has 0 atom stereocenters. The summed E-state index contributed by atoms with van der Waals surface area (Å²) in [5.41, 5.74) is 4.25. The smallest absolute Gasteiger partial charge is 0.220 e. The quantitative estimate of drug-likeness (QED) is 0.671. The number of hydrogen-bond donors (Lipinski definition) is 1. The standard InChI is InChI=1S/C18H22N4OS/c1-13-7-9-24-16(13)5-6-18(23)19-8-3-4-15-11-20-17-10-14(2)21-22(17)12-15/h7,9-12H,3-6,8H2,1-2H3,(H,19,23). The van der Waals surface area contributed by atoms with Crippen LogP contribution in [0.5, 0.6) is 0 Å². The molecule has 24 heavy (non-hydrogen) atoms. The number of nitrogens with one attached hydrogen (secondary N) is 1. The molecule has 5 nitrogen and oxygen atoms in total. The molecule has 3 rings (SSSR count). The fourth-order valence-corrected chi connectivity index (χ4v) is 3.57. The molecule has 126 valence electrons. The SMILES string of the molecule is Cc1cc2ncc(CCCNC(=O)CCc3sccc3C)cn2n1. The minimum absolute atomic E-state index is 0.124. The van der Waals surface area contributed by atoms with Crippen LogP contribution in [0.4, 0.5) is 0 Å². The summed E-state index contributed by atoms with van der Waals surface area (Å²) < 4.78 is 1.81. The molecule has 0 radical (unpaired) electrons. The minimum Gasteiger partial charge on any atom is -0.356 e. The summed E-state index contributed by atoms with van der Waals surface area (Å²) in [5, 5.41) is 9.45. The van der Waals surface area contributed by atoms with Gasteiger partial charge in [0.1, 0.15) is 0 Å². The molecule has 3 aromatic heterocycles. The molecule has 6 heteroatoms. The van der Waals surface area contributed by atoms with Gasteiger partial charge >= 0.3 is 0 Å². The Morgan fingerprint density at radius 2 is 2.21 bits per heavy atom. The molecule has 3 aromatic rings. The van der Waals surface area contributed by atoms with E-state index in [1.165, 1.54) is 10.4 Å². The van der Waals surface area contributed by atoms with E-state index in [9.17, 15) is 4.79 Å². The van der Waals surface area contributed by atoms with E-state index in [-0.39, 0.29) is 5.91 Å². The first-order valence-electron chi connectivity index (χ1n) is 8.22. The van der Waals surface area contributed by atoms with Crippen molar-refractivity contribution in [3.63, 3.8) is 0 Å². The maximum absolute atomic E-state index is 11.9. The second-order valence-electron chi connectivity index (χ2n) is 6.03. The van der Waals surface area contributed by atoms with Crippen LogP contribution in [0.1, 0.15) is 34.5 Å². The van der Waals surface area contributed by atoms with Crippen LogP contribution in [0, 0.1) is 13.8 Å². The van der Waals surface area contributed by atoms with Crippen LogP contribution >= 0.6 is 11.3 Å². The van der Waals surface area contributed by atoms with Crippen molar-refractivity contribution >= 4 is 22.9 Å². The first kappa shape index (κ1) is 16.6. The molecule has 0 saturated heterocycles. The second kappa shape index (κ2) is 7.57. The van der Waals surface area contributed by atoms with Crippen molar-refractivity contribution in [2.45, 2.75) is 39.5 Å². The van der Waals surface area contributed by atoms with Gasteiger partial charge in [0.05, 0.1) is 5.69 Å². The van der Waals surface area contributed by atoms with Gasteiger partial charge in [-0.25, -0.2) is 9.50 Å². The Bertz CT molecular complexity index is 837. The number of rotatable bonds is 7. The summed E-state index contributed by atoms with van der Waals surface area (Å²) >= 11 is 1.72. The van der Waals surface area contributed by atoms with Gasteiger partial charge < -0.3 is 5.32 Å². The van der Waals surface area contributed by atoms with E-state index in [4.69, 9.17) is 0 Å². The fourth-order valence-electron chi connectivity index (χ4n) is 2.66. The summed E-state index contributed by atoms with van der Waals surface area (Å²) in [7, 11) is 0. The van der Waals surface area contributed by atoms with Crippen molar-refractivity contribution in [3.8, 4) is 0 Å². The lowest BCUT2D eigenvalue weighted by Crippen LogP contribution is -2.25. The Kier molecular flexibility index (Phi) is 5.25. The minimum atomic E-state index is 0.124. The van der Waals surface area contributed by atoms with Crippen LogP contribution in [-0.4, -0.2) is 27.0 Å². The van der Waals surface area contributed by atoms with Crippen molar-refractivity contribution in [3.05, 3.63) is 51.6 Å². The predicted octanol–water partition coefficient (Wildman–Crippen LogP) is 3.09. The molecule has 0 aliphatic carbocycles. The molecule has 0 fully saturated rings. The van der Waals surface area contributed by atoms with Crippen LogP contribution in [-0.2, 0) is 17.6 Å². The molecule has 0 aliphatic rings. The zero-order chi connectivity index (χ0) is 16.9. The normalized spacial score (nSPS) is 11.1. The van der Waals surface area contributed by atoms with Gasteiger partial charge in [-0.15, -0.1) is 11.3 Å². The van der Waals surface area contributed by atoms with E-state index in [1.54, 1.807) is 11.3 Å². The van der Waals surface area contributed by atoms with Crippen LogP contribution in [0.15, 0.2) is 29.9 Å². The van der Waals surface area contributed by atoms with Crippen molar-refractivity contribution in [1.82, 2.24) is 19.9 Å². The number of carbonyl (C=O) groups excluding carboxylic acids is 1. The third-order valence-electron chi connectivity index (χ3n) is 4.00. The van der Waals surface area contributed by atoms with Crippen molar-refractivity contribution in [2.24, 2.45) is 0 Å². The van der Waals surface area contributed by atoms with Gasteiger partial charge in [-0.05, 0) is 55.7 Å². The van der Waals surface area contributed by atoms with Gasteiger partial charge in [-0.1, -0.05) is 0 Å². The topological polar surface area (TPSA) is 59.3 Å². The largest absolute Gasteiger partial charge is 0.356 e. The summed E-state index contributed by atoms with van der Waals surface area (Å²) in [5.74, 6) is 0.124. The van der Waals surface area contributed by atoms with E-state index in [0.717, 1.165) is 36.2 Å². The van der Waals surface area contributed by atoms with E-state index >= 15 is 0 Å². The molecule has 1 N–H and O–H groups in total. The lowest BCUT2D eigenvalue weighted by atomic mass is 10.2. The molecule has 0 spiro atoms. The number of aromatic nitrogens is 3. The number of fused-ring (bicyclic) bond motifs is 1. The molecular formula is C18H22N4OS. The van der Waals surface area contributed by atoms with E-state index < -0.39 is 0 Å². The van der Waals surface area contributed by atoms with E-state index in [0.29, 0.717) is 13.0 Å². The number of thiophene rings is 1. The Hall–Kier alpha value is -2.21. The molecule has 0 saturated carbocycles. The van der Waals surface area contributed by atoms with Crippen LogP contribution in [0.25, 0.3) is 5.65 Å². The molecule has 0 aromatic carbocycles. The third kappa shape index (κ3) is 4.20. The molecule has 1 amide bonds. The van der Waals surface area contributed by atoms with Crippen LogP contribution in [0.2, 0.25) is 0 Å². The zero-order valence-electron chi connectivity index (χ0n) is 14.1. The monoisotopic (exact) mass is 342 g/mol. The summed E-state index contributed by atoms with van der Waals surface area (Å²) in [6.45, 7) is 4.75. The van der Waals surface area contributed by atoms with Gasteiger partial charge in [0.2, 0.25) is 5.91 Å². The van der Waals surface area contributed by atoms with Crippen molar-refractivity contribution in [1.29, 1.82) is 0 Å². The van der Waals surface area contributed by atoms with Gasteiger partial charge in [0.25, 0.3) is 0 Å². The highest BCUT2D eigenvalue weighted by atomic mass is 32.1. The highest BCUT2D eigenvalue weighted by molar-refractivity contribution is 7.10. The van der Waals surface area contributed by atoms with E-state index in [2.05, 4.69) is 33.8 Å². The van der Waals surface area contributed by atoms with Gasteiger partial charge in [0.15, 0.2) is 5.65 Å². The lowest BCUT2D eigenvalue weighted by molar-refractivity contribution is -0.121. The van der Waals surface area contributed by atoms with Crippen molar-refractivity contribution in [2.75, 3.05) is 6.54 Å². The summed E-state index contributed by atoms with van der Waals surface area (Å²) in [6.07, 6.45) is 7.06. The molecule has 0 unspecified atom stereocenters. The second-order valence-corrected chi connectivity index (χ2v) is 7.03. The van der Waals surface area contributed by atoms with Gasteiger partial charge in [-0.2, -0.15) is 5.10 Å². The lowest BCUT2D eigenvalue weighted by Gasteiger charge is -2.05. The first-order valence-corrected chi connectivity index (χ1v) is 9.10. The van der Waals surface area contributed by atoms with Crippen LogP contribution < -0.4 is 5.32 Å². The Balaban J connectivity index is 1.39. The number of hydrogen-bond acceptors (Lipinski definition) is 4. The summed E-state index contributed by atoms with van der Waals surface area (Å²) in [4.78, 5) is 17.6. The number of carbonyl (C=O) groups is 1. The number of amides is 1. The highest BCUT2D eigenvalue weighted by Gasteiger charge is 2.05.